The number of benzene rings is 1. The summed E-state index contributed by atoms with van der Waals surface area (Å²) in [5, 5.41) is 0. The molecule has 0 aliphatic carbocycles. The van der Waals surface area contributed by atoms with Crippen LogP contribution in [0.1, 0.15) is 43.4 Å². The van der Waals surface area contributed by atoms with Gasteiger partial charge in [-0.15, -0.1) is 0 Å². The summed E-state index contributed by atoms with van der Waals surface area (Å²) >= 11 is 0. The van der Waals surface area contributed by atoms with Crippen LogP contribution in [0.2, 0.25) is 0 Å². The molecule has 0 amide bonds. The number of aryl methyl sites for hydroxylation is 1. The van der Waals surface area contributed by atoms with Crippen LogP contribution in [0.4, 0.5) is 0 Å². The zero-order chi connectivity index (χ0) is 12.7. The van der Waals surface area contributed by atoms with Gasteiger partial charge in [0.15, 0.2) is 0 Å². The van der Waals surface area contributed by atoms with Crippen LogP contribution in [-0.2, 0) is 6.42 Å². The fourth-order valence-corrected chi connectivity index (χ4v) is 2.23. The molecule has 0 fully saturated rings. The lowest BCUT2D eigenvalue weighted by Crippen LogP contribution is -2.20. The first-order valence-corrected chi connectivity index (χ1v) is 6.64. The molecule has 17 heavy (non-hydrogen) atoms. The van der Waals surface area contributed by atoms with E-state index in [1.165, 1.54) is 24.0 Å². The van der Waals surface area contributed by atoms with Crippen LogP contribution in [0.5, 0.6) is 0 Å². The van der Waals surface area contributed by atoms with Crippen LogP contribution >= 0.6 is 0 Å². The quantitative estimate of drug-likeness (QED) is 0.786. The summed E-state index contributed by atoms with van der Waals surface area (Å²) in [7, 11) is 4.28. The summed E-state index contributed by atoms with van der Waals surface area (Å²) < 4.78 is 0. The number of hydrogen-bond donors (Lipinski definition) is 1. The Bertz CT molecular complexity index is 303. The lowest BCUT2D eigenvalue weighted by atomic mass is 9.99. The molecule has 1 aromatic carbocycles. The average molecular weight is 234 g/mol. The Morgan fingerprint density at radius 2 is 1.82 bits per heavy atom. The number of rotatable bonds is 7. The van der Waals surface area contributed by atoms with E-state index in [0.29, 0.717) is 6.04 Å². The Labute approximate surface area is 106 Å². The molecule has 1 aromatic rings. The highest BCUT2D eigenvalue weighted by Gasteiger charge is 2.12. The molecule has 0 heterocycles. The SMILES string of the molecule is CCCc1ccc(C(CCCN)N(C)C)cc1. The van der Waals surface area contributed by atoms with Crippen molar-refractivity contribution in [3.63, 3.8) is 0 Å². The van der Waals surface area contributed by atoms with Gasteiger partial charge in [-0.3, -0.25) is 0 Å². The molecule has 0 spiro atoms. The topological polar surface area (TPSA) is 29.3 Å². The van der Waals surface area contributed by atoms with Crippen molar-refractivity contribution < 1.29 is 0 Å². The Morgan fingerprint density at radius 3 is 2.29 bits per heavy atom. The van der Waals surface area contributed by atoms with Gasteiger partial charge >= 0.3 is 0 Å². The van der Waals surface area contributed by atoms with Crippen molar-refractivity contribution in [2.45, 2.75) is 38.6 Å². The highest BCUT2D eigenvalue weighted by molar-refractivity contribution is 5.25. The van der Waals surface area contributed by atoms with E-state index in [1.807, 2.05) is 0 Å². The van der Waals surface area contributed by atoms with E-state index in [-0.39, 0.29) is 0 Å². The number of nitrogens with zero attached hydrogens (tertiary/aromatic N) is 1. The fraction of sp³-hybridized carbons (Fsp3) is 0.600. The smallest absolute Gasteiger partial charge is 0.0342 e. The minimum Gasteiger partial charge on any atom is -0.330 e. The fourth-order valence-electron chi connectivity index (χ4n) is 2.23. The van der Waals surface area contributed by atoms with Crippen LogP contribution in [0.3, 0.4) is 0 Å². The van der Waals surface area contributed by atoms with E-state index in [0.717, 1.165) is 19.4 Å². The lowest BCUT2D eigenvalue weighted by molar-refractivity contribution is 0.280. The molecule has 0 aromatic heterocycles. The molecular formula is C15H26N2. The molecule has 0 saturated heterocycles. The summed E-state index contributed by atoms with van der Waals surface area (Å²) in [6, 6.07) is 9.56. The van der Waals surface area contributed by atoms with Gasteiger partial charge in [0.05, 0.1) is 0 Å². The number of hydrogen-bond acceptors (Lipinski definition) is 2. The Kier molecular flexibility index (Phi) is 6.23. The first kappa shape index (κ1) is 14.2. The lowest BCUT2D eigenvalue weighted by Gasteiger charge is -2.24. The van der Waals surface area contributed by atoms with Gasteiger partial charge in [-0.25, -0.2) is 0 Å². The van der Waals surface area contributed by atoms with Crippen molar-refractivity contribution in [1.82, 2.24) is 4.90 Å². The Morgan fingerprint density at radius 1 is 1.18 bits per heavy atom. The largest absolute Gasteiger partial charge is 0.330 e. The standard InChI is InChI=1S/C15H26N2/c1-4-6-13-8-10-14(11-9-13)15(17(2)3)7-5-12-16/h8-11,15H,4-7,12,16H2,1-3H3. The van der Waals surface area contributed by atoms with Gasteiger partial charge in [0.25, 0.3) is 0 Å². The normalized spacial score (nSPS) is 13.0. The monoisotopic (exact) mass is 234 g/mol. The molecule has 0 aliphatic rings. The van der Waals surface area contributed by atoms with E-state index in [2.05, 4.69) is 50.2 Å². The minimum atomic E-state index is 0.495. The van der Waals surface area contributed by atoms with Gasteiger partial charge in [0, 0.05) is 6.04 Å². The summed E-state index contributed by atoms with van der Waals surface area (Å²) in [6.45, 7) is 3.00. The molecule has 96 valence electrons. The molecule has 1 unspecified atom stereocenters. The summed E-state index contributed by atoms with van der Waals surface area (Å²) in [6.07, 6.45) is 4.61. The zero-order valence-electron chi connectivity index (χ0n) is 11.4. The summed E-state index contributed by atoms with van der Waals surface area (Å²) in [5.74, 6) is 0. The predicted molar refractivity (Wildman–Crippen MR) is 75.2 cm³/mol. The maximum absolute atomic E-state index is 5.60. The van der Waals surface area contributed by atoms with Crippen molar-refractivity contribution in [1.29, 1.82) is 0 Å². The van der Waals surface area contributed by atoms with Crippen LogP contribution in [0.15, 0.2) is 24.3 Å². The van der Waals surface area contributed by atoms with Crippen molar-refractivity contribution in [2.75, 3.05) is 20.6 Å². The van der Waals surface area contributed by atoms with Crippen molar-refractivity contribution in [3.05, 3.63) is 35.4 Å². The molecular weight excluding hydrogens is 208 g/mol. The molecule has 1 atom stereocenters. The first-order valence-electron chi connectivity index (χ1n) is 6.64. The van der Waals surface area contributed by atoms with E-state index in [1.54, 1.807) is 0 Å². The van der Waals surface area contributed by atoms with E-state index >= 15 is 0 Å². The summed E-state index contributed by atoms with van der Waals surface area (Å²) in [5.41, 5.74) is 8.44. The van der Waals surface area contributed by atoms with Gasteiger partial charge in [-0.2, -0.15) is 0 Å². The van der Waals surface area contributed by atoms with Gasteiger partial charge in [0.1, 0.15) is 0 Å². The van der Waals surface area contributed by atoms with Gasteiger partial charge in [-0.05, 0) is 51.0 Å². The van der Waals surface area contributed by atoms with Crippen LogP contribution in [0.25, 0.3) is 0 Å². The average Bonchev–Trinajstić information content (AvgIpc) is 2.31. The molecule has 2 heteroatoms. The molecule has 0 saturated carbocycles. The maximum atomic E-state index is 5.60. The molecule has 0 radical (unpaired) electrons. The third-order valence-electron chi connectivity index (χ3n) is 3.21. The van der Waals surface area contributed by atoms with Crippen LogP contribution < -0.4 is 5.73 Å². The third kappa shape index (κ3) is 4.49. The van der Waals surface area contributed by atoms with Gasteiger partial charge < -0.3 is 10.6 Å². The Balaban J connectivity index is 2.72. The Hall–Kier alpha value is -0.860. The second kappa shape index (κ2) is 7.46. The van der Waals surface area contributed by atoms with Gasteiger partial charge in [0.2, 0.25) is 0 Å². The van der Waals surface area contributed by atoms with Crippen LogP contribution in [0, 0.1) is 0 Å². The van der Waals surface area contributed by atoms with Crippen molar-refractivity contribution in [2.24, 2.45) is 5.73 Å². The highest BCUT2D eigenvalue weighted by Crippen LogP contribution is 2.23. The molecule has 0 aliphatic heterocycles. The predicted octanol–water partition coefficient (Wildman–Crippen LogP) is 2.98. The minimum absolute atomic E-state index is 0.495. The van der Waals surface area contributed by atoms with E-state index in [9.17, 15) is 0 Å². The van der Waals surface area contributed by atoms with E-state index < -0.39 is 0 Å². The highest BCUT2D eigenvalue weighted by atomic mass is 15.1. The van der Waals surface area contributed by atoms with Gasteiger partial charge in [-0.1, -0.05) is 37.6 Å². The maximum Gasteiger partial charge on any atom is 0.0342 e. The van der Waals surface area contributed by atoms with Crippen LogP contribution in [-0.4, -0.2) is 25.5 Å². The second-order valence-corrected chi connectivity index (χ2v) is 4.90. The zero-order valence-corrected chi connectivity index (χ0v) is 11.4. The van der Waals surface area contributed by atoms with Crippen molar-refractivity contribution in [3.8, 4) is 0 Å². The molecule has 0 bridgehead atoms. The van der Waals surface area contributed by atoms with E-state index in [4.69, 9.17) is 5.73 Å². The first-order chi connectivity index (χ1) is 8.19. The summed E-state index contributed by atoms with van der Waals surface area (Å²) in [4.78, 5) is 2.28. The molecule has 2 nitrogen and oxygen atoms in total. The molecule has 1 rings (SSSR count). The second-order valence-electron chi connectivity index (χ2n) is 4.90. The van der Waals surface area contributed by atoms with Crippen molar-refractivity contribution >= 4 is 0 Å². The number of nitrogens with two attached hydrogens (primary N) is 1. The third-order valence-corrected chi connectivity index (χ3v) is 3.21. The molecule has 2 N–H and O–H groups in total.